The minimum atomic E-state index is 0. The fourth-order valence-corrected chi connectivity index (χ4v) is 2.32. The molecule has 0 aromatic heterocycles. The Kier molecular flexibility index (Phi) is 14.8. The summed E-state index contributed by atoms with van der Waals surface area (Å²) in [5, 5.41) is 0. The molecular formula is C9H13F3Hf. The van der Waals surface area contributed by atoms with Crippen LogP contribution in [0.5, 0.6) is 0 Å². The Morgan fingerprint density at radius 2 is 1.92 bits per heavy atom. The minimum absolute atomic E-state index is 0. The van der Waals surface area contributed by atoms with Crippen LogP contribution in [0.3, 0.4) is 0 Å². The molecule has 0 aromatic rings. The van der Waals surface area contributed by atoms with Gasteiger partial charge >= 0.3 is 78.0 Å². The SMILES string of the molecule is CCCCC1=[C]([Hf+3])CC=C1.[F-].[F-].[F-]. The molecule has 0 amide bonds. The number of halogens is 3. The molecule has 0 atom stereocenters. The van der Waals surface area contributed by atoms with E-state index in [2.05, 4.69) is 19.1 Å². The van der Waals surface area contributed by atoms with Crippen LogP contribution in [0, 0.1) is 0 Å². The maximum absolute atomic E-state index is 2.32. The van der Waals surface area contributed by atoms with Crippen molar-refractivity contribution in [3.05, 3.63) is 21.1 Å². The normalized spacial score (nSPS) is 13.2. The van der Waals surface area contributed by atoms with Gasteiger partial charge < -0.3 is 14.1 Å². The molecule has 13 heavy (non-hydrogen) atoms. The molecule has 0 spiro atoms. The van der Waals surface area contributed by atoms with Crippen molar-refractivity contribution in [3.8, 4) is 0 Å². The van der Waals surface area contributed by atoms with Crippen molar-refractivity contribution in [1.82, 2.24) is 0 Å². The van der Waals surface area contributed by atoms with Crippen molar-refractivity contribution in [2.24, 2.45) is 0 Å². The van der Waals surface area contributed by atoms with Crippen LogP contribution in [0.1, 0.15) is 32.6 Å². The van der Waals surface area contributed by atoms with E-state index in [4.69, 9.17) is 0 Å². The van der Waals surface area contributed by atoms with Crippen LogP contribution in [-0.2, 0) is 24.4 Å². The summed E-state index contributed by atoms with van der Waals surface area (Å²) in [6, 6.07) is 0. The number of hydrogen-bond donors (Lipinski definition) is 0. The van der Waals surface area contributed by atoms with Crippen molar-refractivity contribution in [1.29, 1.82) is 0 Å². The molecule has 0 saturated carbocycles. The smallest absolute Gasteiger partial charge is 1.00 e. The predicted molar refractivity (Wildman–Crippen MR) is 40.3 cm³/mol. The van der Waals surface area contributed by atoms with Crippen molar-refractivity contribution in [2.45, 2.75) is 32.6 Å². The summed E-state index contributed by atoms with van der Waals surface area (Å²) in [6.07, 6.45) is 9.89. The molecule has 0 radical (unpaired) electrons. The van der Waals surface area contributed by atoms with Crippen LogP contribution < -0.4 is 14.1 Å². The maximum Gasteiger partial charge on any atom is -1.00 e. The zero-order valence-electron chi connectivity index (χ0n) is 7.62. The first-order valence-electron chi connectivity index (χ1n) is 3.94. The Morgan fingerprint density at radius 1 is 1.31 bits per heavy atom. The van der Waals surface area contributed by atoms with Crippen LogP contribution in [0.4, 0.5) is 0 Å². The van der Waals surface area contributed by atoms with E-state index in [1.165, 1.54) is 50.1 Å². The molecule has 4 heteroatoms. The third kappa shape index (κ3) is 6.24. The molecule has 0 aliphatic heterocycles. The van der Waals surface area contributed by atoms with E-state index in [1.54, 1.807) is 8.90 Å². The van der Waals surface area contributed by atoms with Gasteiger partial charge in [-0.1, -0.05) is 0 Å². The molecule has 74 valence electrons. The summed E-state index contributed by atoms with van der Waals surface area (Å²) in [5.41, 5.74) is 1.65. The Morgan fingerprint density at radius 3 is 2.31 bits per heavy atom. The van der Waals surface area contributed by atoms with Gasteiger partial charge in [0, 0.05) is 0 Å². The van der Waals surface area contributed by atoms with Crippen LogP contribution >= 0.6 is 0 Å². The van der Waals surface area contributed by atoms with Gasteiger partial charge in [0.05, 0.1) is 0 Å². The Balaban J connectivity index is -0.000000333. The molecular weight excluding hydrogens is 344 g/mol. The van der Waals surface area contributed by atoms with E-state index in [0.29, 0.717) is 0 Å². The minimum Gasteiger partial charge on any atom is -1.00 e. The molecule has 0 aromatic carbocycles. The Bertz CT molecular complexity index is 176. The van der Waals surface area contributed by atoms with E-state index in [0.717, 1.165) is 0 Å². The van der Waals surface area contributed by atoms with Crippen LogP contribution in [0.2, 0.25) is 0 Å². The van der Waals surface area contributed by atoms with Gasteiger partial charge in [-0.2, -0.15) is 0 Å². The monoisotopic (exact) mass is 358 g/mol. The van der Waals surface area contributed by atoms with Gasteiger partial charge in [-0.05, 0) is 0 Å². The molecule has 0 unspecified atom stereocenters. The summed E-state index contributed by atoms with van der Waals surface area (Å²) >= 11 is 1.27. The number of rotatable bonds is 3. The van der Waals surface area contributed by atoms with E-state index in [-0.39, 0.29) is 14.1 Å². The fourth-order valence-electron chi connectivity index (χ4n) is 1.15. The summed E-state index contributed by atoms with van der Waals surface area (Å²) in [5.74, 6) is 0. The second-order valence-electron chi connectivity index (χ2n) is 2.71. The third-order valence-electron chi connectivity index (χ3n) is 1.83. The average molecular weight is 357 g/mol. The van der Waals surface area contributed by atoms with Crippen molar-refractivity contribution in [2.75, 3.05) is 0 Å². The van der Waals surface area contributed by atoms with E-state index >= 15 is 0 Å². The zero-order chi connectivity index (χ0) is 7.40. The fraction of sp³-hybridized carbons (Fsp3) is 0.556. The molecule has 0 saturated heterocycles. The molecule has 0 bridgehead atoms. The summed E-state index contributed by atoms with van der Waals surface area (Å²) in [4.78, 5) is 0. The van der Waals surface area contributed by atoms with Crippen LogP contribution in [0.15, 0.2) is 21.1 Å². The topological polar surface area (TPSA) is 0 Å². The van der Waals surface area contributed by atoms with E-state index in [1.807, 2.05) is 0 Å². The van der Waals surface area contributed by atoms with Gasteiger partial charge in [-0.3, -0.25) is 0 Å². The quantitative estimate of drug-likeness (QED) is 0.442. The van der Waals surface area contributed by atoms with Gasteiger partial charge in [0.2, 0.25) is 0 Å². The first-order valence-corrected chi connectivity index (χ1v) is 5.74. The summed E-state index contributed by atoms with van der Waals surface area (Å²) < 4.78 is 1.72. The van der Waals surface area contributed by atoms with E-state index in [9.17, 15) is 0 Å². The van der Waals surface area contributed by atoms with Crippen LogP contribution in [0.25, 0.3) is 0 Å². The predicted octanol–water partition coefficient (Wildman–Crippen LogP) is -6.05. The Labute approximate surface area is 92.2 Å². The van der Waals surface area contributed by atoms with Crippen molar-refractivity contribution >= 4 is 0 Å². The molecule has 0 nitrogen and oxygen atoms in total. The summed E-state index contributed by atoms with van der Waals surface area (Å²) in [7, 11) is 0. The van der Waals surface area contributed by atoms with Crippen LogP contribution in [-0.4, -0.2) is 0 Å². The largest absolute Gasteiger partial charge is 1.00 e. The van der Waals surface area contributed by atoms with Gasteiger partial charge in [-0.25, -0.2) is 0 Å². The molecule has 0 fully saturated rings. The molecule has 1 aliphatic rings. The standard InChI is InChI=1S/C9H13.3FH.Hf/c1-2-3-6-9-7-4-5-8-9;;;;/h4,7H,2-3,5-6H2,1H3;3*1H;/q;;;;+3/p-3. The van der Waals surface area contributed by atoms with E-state index < -0.39 is 0 Å². The van der Waals surface area contributed by atoms with Gasteiger partial charge in [0.25, 0.3) is 0 Å². The van der Waals surface area contributed by atoms with Crippen molar-refractivity contribution in [3.63, 3.8) is 0 Å². The molecule has 1 rings (SSSR count). The van der Waals surface area contributed by atoms with Gasteiger partial charge in [0.15, 0.2) is 0 Å². The summed E-state index contributed by atoms with van der Waals surface area (Å²) in [6.45, 7) is 2.26. The molecule has 0 heterocycles. The Hall–Kier alpha value is 0.140. The third-order valence-corrected chi connectivity index (χ3v) is 3.72. The zero-order valence-corrected chi connectivity index (χ0v) is 11.2. The number of unbranched alkanes of at least 4 members (excludes halogenated alkanes) is 1. The molecule has 0 N–H and O–H groups in total. The first-order chi connectivity index (χ1) is 4.84. The maximum atomic E-state index is 2.32. The van der Waals surface area contributed by atoms with Gasteiger partial charge in [-0.15, -0.1) is 0 Å². The van der Waals surface area contributed by atoms with Gasteiger partial charge in [0.1, 0.15) is 0 Å². The van der Waals surface area contributed by atoms with Crippen molar-refractivity contribution < 1.29 is 38.5 Å². The second-order valence-corrected chi connectivity index (χ2v) is 4.88. The number of hydrogen-bond acceptors (Lipinski definition) is 0. The first kappa shape index (κ1) is 18.8. The molecule has 1 aliphatic carbocycles. The number of allylic oxidation sites excluding steroid dienone is 4. The second kappa shape index (κ2) is 10.2. The average Bonchev–Trinajstić information content (AvgIpc) is 2.31.